The second kappa shape index (κ2) is 6.88. The molecule has 2 atom stereocenters. The van der Waals surface area contributed by atoms with Gasteiger partial charge in [0, 0.05) is 26.9 Å². The van der Waals surface area contributed by atoms with E-state index in [9.17, 15) is 8.42 Å². The van der Waals surface area contributed by atoms with Crippen LogP contribution in [0, 0.1) is 0 Å². The summed E-state index contributed by atoms with van der Waals surface area (Å²) in [6.45, 7) is 1.55. The third-order valence-electron chi connectivity index (χ3n) is 4.53. The smallest absolute Gasteiger partial charge is 0.217 e. The van der Waals surface area contributed by atoms with E-state index in [-0.39, 0.29) is 17.4 Å². The quantitative estimate of drug-likeness (QED) is 0.645. The summed E-state index contributed by atoms with van der Waals surface area (Å²) in [5.74, 6) is 0. The maximum absolute atomic E-state index is 12.7. The van der Waals surface area contributed by atoms with Crippen LogP contribution in [0.1, 0.15) is 24.8 Å². The molecule has 0 unspecified atom stereocenters. The molecule has 0 bridgehead atoms. The van der Waals surface area contributed by atoms with Crippen LogP contribution < -0.4 is 0 Å². The van der Waals surface area contributed by atoms with Gasteiger partial charge in [0.25, 0.3) is 0 Å². The van der Waals surface area contributed by atoms with Crippen LogP contribution in [0.5, 0.6) is 0 Å². The van der Waals surface area contributed by atoms with Gasteiger partial charge in [-0.15, -0.1) is 0 Å². The number of sulfonamides is 1. The average Bonchev–Trinajstić information content (AvgIpc) is 3.19. The Morgan fingerprint density at radius 3 is 2.70 bits per heavy atom. The predicted octanol–water partition coefficient (Wildman–Crippen LogP) is 0.561. The summed E-state index contributed by atoms with van der Waals surface area (Å²) in [4.78, 5) is 0. The Morgan fingerprint density at radius 1 is 1.30 bits per heavy atom. The summed E-state index contributed by atoms with van der Waals surface area (Å²) in [5, 5.41) is 4.00. The van der Waals surface area contributed by atoms with Crippen molar-refractivity contribution >= 4 is 10.0 Å². The van der Waals surface area contributed by atoms with Crippen molar-refractivity contribution in [2.24, 2.45) is 7.05 Å². The third-order valence-corrected chi connectivity index (χ3v) is 6.95. The van der Waals surface area contributed by atoms with Crippen LogP contribution in [0.2, 0.25) is 0 Å². The maximum atomic E-state index is 12.7. The molecule has 23 heavy (non-hydrogen) atoms. The van der Waals surface area contributed by atoms with Crippen LogP contribution in [0.4, 0.5) is 0 Å². The zero-order valence-electron chi connectivity index (χ0n) is 13.7. The van der Waals surface area contributed by atoms with Gasteiger partial charge in [-0.1, -0.05) is 0 Å². The number of hydrogen-bond donors (Lipinski definition) is 0. The minimum Gasteiger partial charge on any atom is -0.382 e. The third kappa shape index (κ3) is 3.76. The summed E-state index contributed by atoms with van der Waals surface area (Å²) in [5.41, 5.74) is 1.04. The summed E-state index contributed by atoms with van der Waals surface area (Å²) in [6, 6.07) is -0.151. The van der Waals surface area contributed by atoms with Crippen molar-refractivity contribution in [2.45, 2.75) is 43.1 Å². The number of aryl methyl sites for hydroxylation is 1. The topological polar surface area (TPSA) is 73.7 Å². The fourth-order valence-corrected chi connectivity index (χ4v) is 5.26. The van der Waals surface area contributed by atoms with Crippen molar-refractivity contribution in [3.05, 3.63) is 18.0 Å². The minimum absolute atomic E-state index is 0.0844. The van der Waals surface area contributed by atoms with Crippen LogP contribution >= 0.6 is 0 Å². The van der Waals surface area contributed by atoms with Gasteiger partial charge in [0.2, 0.25) is 10.0 Å². The standard InChI is InChI=1S/C15H25N3O4S/c1-17-11-12(10-16-17)9-14-15(22-8-7-21-2)5-6-18(14)23(19,20)13-3-4-13/h10-11,13-15H,3-9H2,1-2H3/t14-,15+/m0/s1. The van der Waals surface area contributed by atoms with Gasteiger partial charge in [-0.2, -0.15) is 9.40 Å². The Hall–Kier alpha value is -0.960. The largest absolute Gasteiger partial charge is 0.382 e. The van der Waals surface area contributed by atoms with E-state index in [1.54, 1.807) is 22.3 Å². The number of hydrogen-bond acceptors (Lipinski definition) is 5. The zero-order valence-corrected chi connectivity index (χ0v) is 14.5. The lowest BCUT2D eigenvalue weighted by Gasteiger charge is -2.27. The highest BCUT2D eigenvalue weighted by atomic mass is 32.2. The lowest BCUT2D eigenvalue weighted by atomic mass is 10.1. The molecule has 0 radical (unpaired) electrons. The Labute approximate surface area is 137 Å². The van der Waals surface area contributed by atoms with Crippen molar-refractivity contribution in [3.8, 4) is 0 Å². The molecule has 0 N–H and O–H groups in total. The predicted molar refractivity (Wildman–Crippen MR) is 85.6 cm³/mol. The molecule has 0 aromatic carbocycles. The summed E-state index contributed by atoms with van der Waals surface area (Å²) < 4.78 is 39.8. The lowest BCUT2D eigenvalue weighted by molar-refractivity contribution is 0.00635. The molecule has 1 aromatic rings. The van der Waals surface area contributed by atoms with Crippen LogP contribution in [0.25, 0.3) is 0 Å². The van der Waals surface area contributed by atoms with E-state index in [0.717, 1.165) is 24.8 Å². The molecule has 3 rings (SSSR count). The first-order valence-electron chi connectivity index (χ1n) is 8.11. The second-order valence-electron chi connectivity index (χ2n) is 6.34. The zero-order chi connectivity index (χ0) is 16.4. The second-order valence-corrected chi connectivity index (χ2v) is 8.51. The number of ether oxygens (including phenoxy) is 2. The van der Waals surface area contributed by atoms with Gasteiger partial charge in [0.1, 0.15) is 0 Å². The summed E-state index contributed by atoms with van der Waals surface area (Å²) in [7, 11) is 0.302. The molecule has 0 amide bonds. The van der Waals surface area contributed by atoms with Gasteiger partial charge in [-0.05, 0) is 31.2 Å². The van der Waals surface area contributed by atoms with E-state index >= 15 is 0 Å². The molecule has 2 heterocycles. The Kier molecular flexibility index (Phi) is 5.05. The fourth-order valence-electron chi connectivity index (χ4n) is 3.20. The number of rotatable bonds is 8. The number of nitrogens with zero attached hydrogens (tertiary/aromatic N) is 3. The highest BCUT2D eigenvalue weighted by molar-refractivity contribution is 7.90. The van der Waals surface area contributed by atoms with Gasteiger partial charge < -0.3 is 9.47 Å². The molecule has 0 spiro atoms. The van der Waals surface area contributed by atoms with E-state index in [1.807, 2.05) is 13.2 Å². The highest BCUT2D eigenvalue weighted by Crippen LogP contribution is 2.36. The van der Waals surface area contributed by atoms with E-state index in [4.69, 9.17) is 9.47 Å². The maximum Gasteiger partial charge on any atom is 0.217 e. The molecular weight excluding hydrogens is 318 g/mol. The molecule has 1 aliphatic carbocycles. The molecule has 130 valence electrons. The number of methoxy groups -OCH3 is 1. The molecule has 2 fully saturated rings. The van der Waals surface area contributed by atoms with Gasteiger partial charge in [0.15, 0.2) is 0 Å². The molecule has 1 saturated carbocycles. The van der Waals surface area contributed by atoms with Crippen molar-refractivity contribution in [1.29, 1.82) is 0 Å². The molecular formula is C15H25N3O4S. The first-order chi connectivity index (χ1) is 11.0. The van der Waals surface area contributed by atoms with Gasteiger partial charge >= 0.3 is 0 Å². The van der Waals surface area contributed by atoms with E-state index in [0.29, 0.717) is 26.2 Å². The van der Waals surface area contributed by atoms with E-state index in [1.165, 1.54) is 0 Å². The van der Waals surface area contributed by atoms with Crippen LogP contribution in [-0.4, -0.2) is 66.8 Å². The Bertz CT molecular complexity index is 626. The first kappa shape index (κ1) is 16.9. The van der Waals surface area contributed by atoms with Crippen molar-refractivity contribution in [1.82, 2.24) is 14.1 Å². The molecule has 8 heteroatoms. The van der Waals surface area contributed by atoms with Crippen molar-refractivity contribution in [2.75, 3.05) is 26.9 Å². The Morgan fingerprint density at radius 2 is 2.09 bits per heavy atom. The first-order valence-corrected chi connectivity index (χ1v) is 9.61. The van der Waals surface area contributed by atoms with Crippen LogP contribution in [0.3, 0.4) is 0 Å². The van der Waals surface area contributed by atoms with E-state index < -0.39 is 10.0 Å². The molecule has 1 aliphatic heterocycles. The van der Waals surface area contributed by atoms with Crippen molar-refractivity contribution < 1.29 is 17.9 Å². The highest BCUT2D eigenvalue weighted by Gasteiger charge is 2.47. The van der Waals surface area contributed by atoms with Crippen molar-refractivity contribution in [3.63, 3.8) is 0 Å². The minimum atomic E-state index is -3.20. The SMILES string of the molecule is COCCO[C@@H]1CCN(S(=O)(=O)C2CC2)[C@H]1Cc1cnn(C)c1. The lowest BCUT2D eigenvalue weighted by Crippen LogP contribution is -2.43. The average molecular weight is 343 g/mol. The van der Waals surface area contributed by atoms with E-state index in [2.05, 4.69) is 5.10 Å². The van der Waals surface area contributed by atoms with Gasteiger partial charge in [0.05, 0.1) is 36.8 Å². The monoisotopic (exact) mass is 343 g/mol. The summed E-state index contributed by atoms with van der Waals surface area (Å²) >= 11 is 0. The fraction of sp³-hybridized carbons (Fsp3) is 0.800. The van der Waals surface area contributed by atoms with Gasteiger partial charge in [-0.3, -0.25) is 4.68 Å². The molecule has 7 nitrogen and oxygen atoms in total. The normalized spacial score (nSPS) is 26.0. The molecule has 2 aliphatic rings. The van der Waals surface area contributed by atoms with Crippen LogP contribution in [0.15, 0.2) is 12.4 Å². The number of aromatic nitrogens is 2. The molecule has 1 saturated heterocycles. The molecule has 1 aromatic heterocycles. The Balaban J connectivity index is 1.75. The van der Waals surface area contributed by atoms with Crippen LogP contribution in [-0.2, 0) is 33.0 Å². The van der Waals surface area contributed by atoms with Gasteiger partial charge in [-0.25, -0.2) is 8.42 Å². The summed E-state index contributed by atoms with van der Waals surface area (Å²) in [6.07, 6.45) is 6.59.